The topological polar surface area (TPSA) is 73.1 Å². The largest absolute Gasteiger partial charge is 0.504 e. The highest BCUT2D eigenvalue weighted by Crippen LogP contribution is 2.26. The molecule has 1 rings (SSSR count). The molecular weight excluding hydrogens is 146 g/mol. The molecule has 0 fully saturated rings. The minimum atomic E-state index is -0.287. The summed E-state index contributed by atoms with van der Waals surface area (Å²) in [6.07, 6.45) is 1.04. The van der Waals surface area contributed by atoms with Crippen LogP contribution in [0.25, 0.3) is 0 Å². The summed E-state index contributed by atoms with van der Waals surface area (Å²) in [6, 6.07) is 4.38. The standard InChI is InChI=1S/C7H7NO3/c9-6-3-1-2-5(4-8-11)7(6)10/h1-4,9-11H/b8-4-. The quantitative estimate of drug-likeness (QED) is 0.243. The maximum absolute atomic E-state index is 9.08. The van der Waals surface area contributed by atoms with Gasteiger partial charge in [0.15, 0.2) is 11.5 Å². The summed E-state index contributed by atoms with van der Waals surface area (Å²) >= 11 is 0. The van der Waals surface area contributed by atoms with E-state index >= 15 is 0 Å². The van der Waals surface area contributed by atoms with Gasteiger partial charge in [-0.3, -0.25) is 0 Å². The van der Waals surface area contributed by atoms with Crippen molar-refractivity contribution in [1.82, 2.24) is 0 Å². The highest BCUT2D eigenvalue weighted by atomic mass is 16.4. The zero-order valence-electron chi connectivity index (χ0n) is 5.60. The van der Waals surface area contributed by atoms with Crippen LogP contribution in [0.2, 0.25) is 0 Å². The SMILES string of the molecule is O/N=C\c1cccc(O)c1O. The van der Waals surface area contributed by atoms with Gasteiger partial charge < -0.3 is 15.4 Å². The van der Waals surface area contributed by atoms with Crippen molar-refractivity contribution in [3.05, 3.63) is 23.8 Å². The van der Waals surface area contributed by atoms with E-state index < -0.39 is 0 Å². The van der Waals surface area contributed by atoms with Gasteiger partial charge in [0.05, 0.1) is 6.21 Å². The predicted molar refractivity (Wildman–Crippen MR) is 39.2 cm³/mol. The molecule has 0 atom stereocenters. The summed E-state index contributed by atoms with van der Waals surface area (Å²) in [6.45, 7) is 0. The van der Waals surface area contributed by atoms with Gasteiger partial charge in [0.2, 0.25) is 0 Å². The molecule has 0 aromatic heterocycles. The predicted octanol–water partition coefficient (Wildman–Crippen LogP) is 0.906. The van der Waals surface area contributed by atoms with Crippen LogP contribution in [0.1, 0.15) is 5.56 Å². The monoisotopic (exact) mass is 153 g/mol. The molecule has 1 aromatic rings. The van der Waals surface area contributed by atoms with Crippen LogP contribution in [0.5, 0.6) is 11.5 Å². The third-order valence-corrected chi connectivity index (χ3v) is 1.24. The number of benzene rings is 1. The van der Waals surface area contributed by atoms with E-state index in [1.54, 1.807) is 0 Å². The van der Waals surface area contributed by atoms with Crippen molar-refractivity contribution in [2.24, 2.45) is 5.16 Å². The maximum Gasteiger partial charge on any atom is 0.166 e. The van der Waals surface area contributed by atoms with Gasteiger partial charge in [-0.05, 0) is 12.1 Å². The van der Waals surface area contributed by atoms with Crippen molar-refractivity contribution in [3.63, 3.8) is 0 Å². The summed E-state index contributed by atoms with van der Waals surface area (Å²) in [5.74, 6) is -0.521. The molecule has 0 aliphatic rings. The molecule has 0 saturated heterocycles. The lowest BCUT2D eigenvalue weighted by molar-refractivity contribution is 0.321. The Hall–Kier alpha value is -1.71. The van der Waals surface area contributed by atoms with Crippen LogP contribution in [-0.2, 0) is 0 Å². The third kappa shape index (κ3) is 1.40. The molecule has 0 amide bonds. The Morgan fingerprint density at radius 3 is 2.64 bits per heavy atom. The molecule has 0 bridgehead atoms. The Bertz CT molecular complexity index is 283. The number of hydrogen-bond donors (Lipinski definition) is 3. The van der Waals surface area contributed by atoms with Crippen molar-refractivity contribution in [1.29, 1.82) is 0 Å². The number of hydrogen-bond acceptors (Lipinski definition) is 4. The molecule has 0 spiro atoms. The number of rotatable bonds is 1. The lowest BCUT2D eigenvalue weighted by Crippen LogP contribution is -1.81. The first-order chi connectivity index (χ1) is 5.25. The van der Waals surface area contributed by atoms with Crippen LogP contribution >= 0.6 is 0 Å². The molecule has 0 aliphatic carbocycles. The third-order valence-electron chi connectivity index (χ3n) is 1.24. The first-order valence-electron chi connectivity index (χ1n) is 2.94. The fraction of sp³-hybridized carbons (Fsp3) is 0. The van der Waals surface area contributed by atoms with E-state index in [0.29, 0.717) is 0 Å². The van der Waals surface area contributed by atoms with Gasteiger partial charge in [-0.1, -0.05) is 11.2 Å². The summed E-state index contributed by atoms with van der Waals surface area (Å²) in [7, 11) is 0. The highest BCUT2D eigenvalue weighted by Gasteiger charge is 2.01. The van der Waals surface area contributed by atoms with Gasteiger partial charge in [-0.15, -0.1) is 0 Å². The van der Waals surface area contributed by atoms with E-state index in [2.05, 4.69) is 5.16 Å². The molecule has 11 heavy (non-hydrogen) atoms. The van der Waals surface area contributed by atoms with Crippen molar-refractivity contribution >= 4 is 6.21 Å². The Labute approximate surface area is 63.0 Å². The Balaban J connectivity index is 3.16. The zero-order chi connectivity index (χ0) is 8.27. The number of para-hydroxylation sites is 1. The minimum Gasteiger partial charge on any atom is -0.504 e. The van der Waals surface area contributed by atoms with Crippen molar-refractivity contribution < 1.29 is 15.4 Å². The van der Waals surface area contributed by atoms with Gasteiger partial charge in [0.1, 0.15) is 0 Å². The highest BCUT2D eigenvalue weighted by molar-refractivity contribution is 5.84. The van der Waals surface area contributed by atoms with E-state index in [4.69, 9.17) is 15.4 Å². The molecule has 1 aromatic carbocycles. The van der Waals surface area contributed by atoms with E-state index in [1.165, 1.54) is 18.2 Å². The molecular formula is C7H7NO3. The summed E-state index contributed by atoms with van der Waals surface area (Å²) in [5.41, 5.74) is 0.271. The normalized spacial score (nSPS) is 10.5. The zero-order valence-corrected chi connectivity index (χ0v) is 5.60. The number of phenolic OH excluding ortho intramolecular Hbond substituents is 2. The van der Waals surface area contributed by atoms with Crippen molar-refractivity contribution in [2.45, 2.75) is 0 Å². The Morgan fingerprint density at radius 1 is 1.27 bits per heavy atom. The molecule has 0 aliphatic heterocycles. The van der Waals surface area contributed by atoms with Gasteiger partial charge >= 0.3 is 0 Å². The van der Waals surface area contributed by atoms with Gasteiger partial charge in [-0.2, -0.15) is 0 Å². The van der Waals surface area contributed by atoms with Crippen LogP contribution in [0.15, 0.2) is 23.4 Å². The molecule has 4 nitrogen and oxygen atoms in total. The van der Waals surface area contributed by atoms with Crippen LogP contribution in [0, 0.1) is 0 Å². The van der Waals surface area contributed by atoms with Gasteiger partial charge in [0.25, 0.3) is 0 Å². The molecule has 58 valence electrons. The lowest BCUT2D eigenvalue weighted by Gasteiger charge is -1.98. The summed E-state index contributed by atoms with van der Waals surface area (Å²) < 4.78 is 0. The average molecular weight is 153 g/mol. The van der Waals surface area contributed by atoms with Crippen LogP contribution < -0.4 is 0 Å². The molecule has 0 radical (unpaired) electrons. The second-order valence-corrected chi connectivity index (χ2v) is 1.96. The molecule has 0 saturated carbocycles. The van der Waals surface area contributed by atoms with E-state index in [0.717, 1.165) is 6.21 Å². The van der Waals surface area contributed by atoms with Crippen molar-refractivity contribution in [2.75, 3.05) is 0 Å². The van der Waals surface area contributed by atoms with Gasteiger partial charge in [-0.25, -0.2) is 0 Å². The fourth-order valence-corrected chi connectivity index (χ4v) is 0.715. The first kappa shape index (κ1) is 7.40. The smallest absolute Gasteiger partial charge is 0.166 e. The number of nitrogens with zero attached hydrogens (tertiary/aromatic N) is 1. The Morgan fingerprint density at radius 2 is 2.00 bits per heavy atom. The maximum atomic E-state index is 9.08. The van der Waals surface area contributed by atoms with Crippen molar-refractivity contribution in [3.8, 4) is 11.5 Å². The minimum absolute atomic E-state index is 0.234. The van der Waals surface area contributed by atoms with E-state index in [9.17, 15) is 0 Å². The summed E-state index contributed by atoms with van der Waals surface area (Å²) in [5, 5.41) is 28.8. The average Bonchev–Trinajstić information content (AvgIpc) is 1.99. The van der Waals surface area contributed by atoms with E-state index in [-0.39, 0.29) is 17.1 Å². The van der Waals surface area contributed by atoms with Crippen LogP contribution in [-0.4, -0.2) is 21.6 Å². The molecule has 0 heterocycles. The second-order valence-electron chi connectivity index (χ2n) is 1.96. The molecule has 3 N–H and O–H groups in total. The molecule has 4 heteroatoms. The number of phenols is 2. The number of oxime groups is 1. The molecule has 0 unspecified atom stereocenters. The Kier molecular flexibility index (Phi) is 1.96. The first-order valence-corrected chi connectivity index (χ1v) is 2.94. The fourth-order valence-electron chi connectivity index (χ4n) is 0.715. The van der Waals surface area contributed by atoms with Gasteiger partial charge in [0, 0.05) is 5.56 Å². The van der Waals surface area contributed by atoms with E-state index in [1.807, 2.05) is 0 Å². The summed E-state index contributed by atoms with van der Waals surface area (Å²) in [4.78, 5) is 0. The lowest BCUT2D eigenvalue weighted by atomic mass is 10.2. The second kappa shape index (κ2) is 2.92. The van der Waals surface area contributed by atoms with Crippen LogP contribution in [0.4, 0.5) is 0 Å². The van der Waals surface area contributed by atoms with Crippen LogP contribution in [0.3, 0.4) is 0 Å². The number of aromatic hydroxyl groups is 2.